The molecule has 1 amide bonds. The van der Waals surface area contributed by atoms with E-state index in [1.54, 1.807) is 12.5 Å². The fraction of sp³-hybridized carbons (Fsp3) is 0.400. The lowest BCUT2D eigenvalue weighted by atomic mass is 9.91. The Bertz CT molecular complexity index is 1000. The summed E-state index contributed by atoms with van der Waals surface area (Å²) in [5.41, 5.74) is 5.60. The molecule has 1 unspecified atom stereocenters. The standard InChI is InChI=1S/C25H31N5O/c1-3-11-30-13-12-29(17-24-19(2)27-18-28-24)16-22(25(30)31)14-20-7-4-5-9-23(20)21-8-6-10-26-15-21/h4-10,15,18,22H,3,11-14,16-17H2,1-2H3,(H,27,28). The normalized spacial score (nSPS) is 17.7. The van der Waals surface area contributed by atoms with Crippen molar-refractivity contribution in [3.05, 3.63) is 72.1 Å². The summed E-state index contributed by atoms with van der Waals surface area (Å²) in [4.78, 5) is 29.8. The van der Waals surface area contributed by atoms with Crippen molar-refractivity contribution in [2.24, 2.45) is 5.92 Å². The molecule has 1 saturated heterocycles. The van der Waals surface area contributed by atoms with Crippen LogP contribution in [0.25, 0.3) is 11.1 Å². The Balaban J connectivity index is 1.60. The van der Waals surface area contributed by atoms with Gasteiger partial charge in [-0.2, -0.15) is 0 Å². The number of carbonyl (C=O) groups is 1. The van der Waals surface area contributed by atoms with Crippen LogP contribution >= 0.6 is 0 Å². The molecule has 6 heteroatoms. The van der Waals surface area contributed by atoms with Crippen LogP contribution in [0.3, 0.4) is 0 Å². The molecule has 2 aromatic heterocycles. The van der Waals surface area contributed by atoms with E-state index in [0.29, 0.717) is 0 Å². The molecule has 3 aromatic rings. The van der Waals surface area contributed by atoms with Gasteiger partial charge in [-0.05, 0) is 37.0 Å². The number of hydrogen-bond donors (Lipinski definition) is 1. The van der Waals surface area contributed by atoms with E-state index in [-0.39, 0.29) is 11.8 Å². The molecule has 4 rings (SSSR count). The second-order valence-corrected chi connectivity index (χ2v) is 8.33. The van der Waals surface area contributed by atoms with Gasteiger partial charge in [0.25, 0.3) is 0 Å². The molecule has 1 aliphatic rings. The third-order valence-electron chi connectivity index (χ3n) is 6.08. The first kappa shape index (κ1) is 21.2. The van der Waals surface area contributed by atoms with Crippen LogP contribution in [0.1, 0.15) is 30.3 Å². The number of aryl methyl sites for hydroxylation is 1. The van der Waals surface area contributed by atoms with Crippen molar-refractivity contribution in [3.63, 3.8) is 0 Å². The molecule has 0 bridgehead atoms. The number of pyridine rings is 1. The molecule has 1 aromatic carbocycles. The number of imidazole rings is 1. The molecule has 0 spiro atoms. The van der Waals surface area contributed by atoms with E-state index >= 15 is 0 Å². The van der Waals surface area contributed by atoms with Gasteiger partial charge in [-0.1, -0.05) is 37.3 Å². The van der Waals surface area contributed by atoms with Gasteiger partial charge in [-0.15, -0.1) is 0 Å². The zero-order valence-corrected chi connectivity index (χ0v) is 18.4. The Morgan fingerprint density at radius 1 is 1.16 bits per heavy atom. The molecule has 0 saturated carbocycles. The van der Waals surface area contributed by atoms with E-state index in [1.165, 1.54) is 5.56 Å². The van der Waals surface area contributed by atoms with Gasteiger partial charge in [0.05, 0.1) is 17.9 Å². The topological polar surface area (TPSA) is 65.1 Å². The van der Waals surface area contributed by atoms with Crippen LogP contribution < -0.4 is 0 Å². The number of nitrogens with zero attached hydrogens (tertiary/aromatic N) is 4. The summed E-state index contributed by atoms with van der Waals surface area (Å²) in [7, 11) is 0. The van der Waals surface area contributed by atoms with Crippen molar-refractivity contribution >= 4 is 5.91 Å². The van der Waals surface area contributed by atoms with Gasteiger partial charge in [0.2, 0.25) is 5.91 Å². The van der Waals surface area contributed by atoms with Gasteiger partial charge in [-0.3, -0.25) is 14.7 Å². The number of aromatic amines is 1. The minimum Gasteiger partial charge on any atom is -0.348 e. The van der Waals surface area contributed by atoms with Crippen LogP contribution in [0.5, 0.6) is 0 Å². The highest BCUT2D eigenvalue weighted by Crippen LogP contribution is 2.27. The molecule has 162 valence electrons. The third kappa shape index (κ3) is 5.02. The van der Waals surface area contributed by atoms with Crippen LogP contribution in [-0.4, -0.2) is 56.8 Å². The molecule has 3 heterocycles. The Morgan fingerprint density at radius 2 is 2.03 bits per heavy atom. The number of carbonyl (C=O) groups excluding carboxylic acids is 1. The van der Waals surface area contributed by atoms with E-state index in [9.17, 15) is 4.79 Å². The summed E-state index contributed by atoms with van der Waals surface area (Å²) in [6.07, 6.45) is 7.13. The predicted octanol–water partition coefficient (Wildman–Crippen LogP) is 3.69. The first-order chi connectivity index (χ1) is 15.2. The van der Waals surface area contributed by atoms with Crippen LogP contribution in [0.4, 0.5) is 0 Å². The summed E-state index contributed by atoms with van der Waals surface area (Å²) in [6, 6.07) is 12.4. The number of aromatic nitrogens is 3. The minimum atomic E-state index is -0.0777. The van der Waals surface area contributed by atoms with Crippen molar-refractivity contribution in [1.82, 2.24) is 24.8 Å². The van der Waals surface area contributed by atoms with Gasteiger partial charge < -0.3 is 9.88 Å². The van der Waals surface area contributed by atoms with Gasteiger partial charge >= 0.3 is 0 Å². The maximum Gasteiger partial charge on any atom is 0.227 e. The van der Waals surface area contributed by atoms with Crippen molar-refractivity contribution in [1.29, 1.82) is 0 Å². The number of H-pyrrole nitrogens is 1. The fourth-order valence-corrected chi connectivity index (χ4v) is 4.42. The SMILES string of the molecule is CCCN1CCN(Cc2nc[nH]c2C)CC(Cc2ccccc2-c2cccnc2)C1=O. The molecule has 31 heavy (non-hydrogen) atoms. The summed E-state index contributed by atoms with van der Waals surface area (Å²) in [5, 5.41) is 0. The molecule has 1 aliphatic heterocycles. The summed E-state index contributed by atoms with van der Waals surface area (Å²) in [5.74, 6) is 0.190. The molecule has 1 N–H and O–H groups in total. The summed E-state index contributed by atoms with van der Waals surface area (Å²) >= 11 is 0. The molecular formula is C25H31N5O. The molecule has 0 aliphatic carbocycles. The number of benzene rings is 1. The van der Waals surface area contributed by atoms with E-state index in [4.69, 9.17) is 0 Å². The molecule has 6 nitrogen and oxygen atoms in total. The molecular weight excluding hydrogens is 386 g/mol. The average Bonchev–Trinajstić information content (AvgIpc) is 3.14. The molecule has 0 radical (unpaired) electrons. The van der Waals surface area contributed by atoms with Crippen molar-refractivity contribution in [2.45, 2.75) is 33.2 Å². The van der Waals surface area contributed by atoms with E-state index in [0.717, 1.165) is 68.1 Å². The largest absolute Gasteiger partial charge is 0.348 e. The maximum absolute atomic E-state index is 13.5. The second-order valence-electron chi connectivity index (χ2n) is 8.33. The lowest BCUT2D eigenvalue weighted by Gasteiger charge is -2.24. The quantitative estimate of drug-likeness (QED) is 0.637. The van der Waals surface area contributed by atoms with Gasteiger partial charge in [-0.25, -0.2) is 4.98 Å². The number of rotatable bonds is 7. The predicted molar refractivity (Wildman–Crippen MR) is 122 cm³/mol. The van der Waals surface area contributed by atoms with Crippen LogP contribution in [-0.2, 0) is 17.8 Å². The summed E-state index contributed by atoms with van der Waals surface area (Å²) in [6.45, 7) is 8.16. The number of nitrogens with one attached hydrogen (secondary N) is 1. The smallest absolute Gasteiger partial charge is 0.227 e. The second kappa shape index (κ2) is 9.88. The van der Waals surface area contributed by atoms with E-state index in [1.807, 2.05) is 12.3 Å². The first-order valence-corrected chi connectivity index (χ1v) is 11.1. The lowest BCUT2D eigenvalue weighted by molar-refractivity contribution is -0.134. The highest BCUT2D eigenvalue weighted by Gasteiger charge is 2.31. The number of amides is 1. The van der Waals surface area contributed by atoms with Gasteiger partial charge in [0.1, 0.15) is 0 Å². The Labute approximate surface area is 184 Å². The van der Waals surface area contributed by atoms with Crippen LogP contribution in [0.2, 0.25) is 0 Å². The minimum absolute atomic E-state index is 0.0777. The van der Waals surface area contributed by atoms with E-state index < -0.39 is 0 Å². The monoisotopic (exact) mass is 417 g/mol. The highest BCUT2D eigenvalue weighted by molar-refractivity contribution is 5.80. The van der Waals surface area contributed by atoms with Crippen LogP contribution in [0.15, 0.2) is 55.1 Å². The van der Waals surface area contributed by atoms with E-state index in [2.05, 4.69) is 68.9 Å². The third-order valence-corrected chi connectivity index (χ3v) is 6.08. The first-order valence-electron chi connectivity index (χ1n) is 11.1. The molecule has 1 atom stereocenters. The zero-order chi connectivity index (χ0) is 21.6. The maximum atomic E-state index is 13.5. The molecule has 1 fully saturated rings. The zero-order valence-electron chi connectivity index (χ0n) is 18.4. The number of hydrogen-bond acceptors (Lipinski definition) is 4. The average molecular weight is 418 g/mol. The fourth-order valence-electron chi connectivity index (χ4n) is 4.42. The van der Waals surface area contributed by atoms with Crippen molar-refractivity contribution < 1.29 is 4.79 Å². The lowest BCUT2D eigenvalue weighted by Crippen LogP contribution is -2.37. The Morgan fingerprint density at radius 3 is 2.77 bits per heavy atom. The Kier molecular flexibility index (Phi) is 6.77. The van der Waals surface area contributed by atoms with Gasteiger partial charge in [0, 0.05) is 56.4 Å². The highest BCUT2D eigenvalue weighted by atomic mass is 16.2. The summed E-state index contributed by atoms with van der Waals surface area (Å²) < 4.78 is 0. The van der Waals surface area contributed by atoms with Crippen molar-refractivity contribution in [2.75, 3.05) is 26.2 Å². The van der Waals surface area contributed by atoms with Crippen LogP contribution in [0, 0.1) is 12.8 Å². The van der Waals surface area contributed by atoms with Gasteiger partial charge in [0.15, 0.2) is 0 Å². The Hall–Kier alpha value is -2.99. The van der Waals surface area contributed by atoms with Crippen molar-refractivity contribution in [3.8, 4) is 11.1 Å².